The number of aromatic nitrogens is 2. The summed E-state index contributed by atoms with van der Waals surface area (Å²) < 4.78 is 11.0. The highest BCUT2D eigenvalue weighted by molar-refractivity contribution is 5.39. The molecule has 2 N–H and O–H groups in total. The predicted molar refractivity (Wildman–Crippen MR) is 81.0 cm³/mol. The molecule has 0 saturated carbocycles. The summed E-state index contributed by atoms with van der Waals surface area (Å²) in [4.78, 5) is 0. The van der Waals surface area contributed by atoms with Gasteiger partial charge >= 0.3 is 0 Å². The molecule has 1 aromatic heterocycles. The van der Waals surface area contributed by atoms with Gasteiger partial charge in [-0.1, -0.05) is 12.1 Å². The molecule has 0 spiro atoms. The van der Waals surface area contributed by atoms with Gasteiger partial charge in [0.1, 0.15) is 0 Å². The number of nitrogens with one attached hydrogen (secondary N) is 2. The average molecular weight is 287 g/mol. The molecule has 1 unspecified atom stereocenters. The van der Waals surface area contributed by atoms with Crippen molar-refractivity contribution in [2.45, 2.75) is 18.8 Å². The number of para-hydroxylation sites is 2. The van der Waals surface area contributed by atoms with Crippen LogP contribution >= 0.6 is 0 Å². The third kappa shape index (κ3) is 3.36. The smallest absolute Gasteiger partial charge is 0.161 e. The van der Waals surface area contributed by atoms with Crippen LogP contribution in [0.15, 0.2) is 30.3 Å². The molecule has 1 fully saturated rings. The SMILES string of the molecule is COc1ccccc1OCCc1cc(C2CCNC2)n[nH]1. The van der Waals surface area contributed by atoms with Crippen molar-refractivity contribution >= 4 is 0 Å². The standard InChI is InChI=1S/C16H21N3O2/c1-20-15-4-2-3-5-16(15)21-9-7-13-10-14(19-18-13)12-6-8-17-11-12/h2-5,10,12,17H,6-9,11H2,1H3,(H,18,19). The molecule has 2 aromatic rings. The predicted octanol–water partition coefficient (Wildman–Crippen LogP) is 2.12. The molecular weight excluding hydrogens is 266 g/mol. The van der Waals surface area contributed by atoms with Gasteiger partial charge in [-0.05, 0) is 31.2 Å². The number of aromatic amines is 1. The van der Waals surface area contributed by atoms with Gasteiger partial charge in [-0.25, -0.2) is 0 Å². The first-order chi connectivity index (χ1) is 10.4. The van der Waals surface area contributed by atoms with Gasteiger partial charge in [0, 0.05) is 24.6 Å². The third-order valence-corrected chi connectivity index (χ3v) is 3.83. The minimum atomic E-state index is 0.546. The summed E-state index contributed by atoms with van der Waals surface area (Å²) >= 11 is 0. The number of rotatable bonds is 6. The minimum Gasteiger partial charge on any atom is -0.493 e. The fourth-order valence-corrected chi connectivity index (χ4v) is 2.63. The van der Waals surface area contributed by atoms with E-state index in [0.717, 1.165) is 42.4 Å². The number of H-pyrrole nitrogens is 1. The largest absolute Gasteiger partial charge is 0.493 e. The highest BCUT2D eigenvalue weighted by Gasteiger charge is 2.19. The van der Waals surface area contributed by atoms with E-state index in [-0.39, 0.29) is 0 Å². The van der Waals surface area contributed by atoms with Crippen molar-refractivity contribution in [3.8, 4) is 11.5 Å². The molecule has 0 aliphatic carbocycles. The second kappa shape index (κ2) is 6.63. The van der Waals surface area contributed by atoms with E-state index in [0.29, 0.717) is 12.5 Å². The van der Waals surface area contributed by atoms with Crippen molar-refractivity contribution in [2.75, 3.05) is 26.8 Å². The summed E-state index contributed by atoms with van der Waals surface area (Å²) in [5.74, 6) is 2.09. The zero-order chi connectivity index (χ0) is 14.5. The van der Waals surface area contributed by atoms with Gasteiger partial charge in [0.25, 0.3) is 0 Å². The first-order valence-electron chi connectivity index (χ1n) is 7.37. The van der Waals surface area contributed by atoms with Gasteiger partial charge < -0.3 is 14.8 Å². The van der Waals surface area contributed by atoms with Crippen LogP contribution in [0.5, 0.6) is 11.5 Å². The minimum absolute atomic E-state index is 0.546. The molecule has 5 heteroatoms. The van der Waals surface area contributed by atoms with Gasteiger partial charge in [-0.3, -0.25) is 5.10 Å². The quantitative estimate of drug-likeness (QED) is 0.854. The topological polar surface area (TPSA) is 59.2 Å². The fourth-order valence-electron chi connectivity index (χ4n) is 2.63. The van der Waals surface area contributed by atoms with Crippen LogP contribution in [0.2, 0.25) is 0 Å². The van der Waals surface area contributed by atoms with Gasteiger partial charge in [0.05, 0.1) is 19.4 Å². The Kier molecular flexibility index (Phi) is 4.40. The van der Waals surface area contributed by atoms with Crippen LogP contribution in [0.4, 0.5) is 0 Å². The Bertz CT molecular complexity index is 576. The number of benzene rings is 1. The van der Waals surface area contributed by atoms with Crippen molar-refractivity contribution in [3.63, 3.8) is 0 Å². The van der Waals surface area contributed by atoms with Crippen LogP contribution in [0.1, 0.15) is 23.7 Å². The summed E-state index contributed by atoms with van der Waals surface area (Å²) in [6, 6.07) is 9.85. The van der Waals surface area contributed by atoms with Crippen LogP contribution in [-0.4, -0.2) is 37.0 Å². The highest BCUT2D eigenvalue weighted by Crippen LogP contribution is 2.26. The van der Waals surface area contributed by atoms with Crippen LogP contribution in [0.25, 0.3) is 0 Å². The van der Waals surface area contributed by atoms with E-state index >= 15 is 0 Å². The van der Waals surface area contributed by atoms with Gasteiger partial charge in [-0.15, -0.1) is 0 Å². The van der Waals surface area contributed by atoms with Gasteiger partial charge in [0.2, 0.25) is 0 Å². The Morgan fingerprint density at radius 2 is 2.14 bits per heavy atom. The summed E-state index contributed by atoms with van der Waals surface area (Å²) in [6.45, 7) is 2.72. The maximum atomic E-state index is 5.78. The normalized spacial score (nSPS) is 17.9. The highest BCUT2D eigenvalue weighted by atomic mass is 16.5. The molecule has 5 nitrogen and oxygen atoms in total. The Hall–Kier alpha value is -2.01. The van der Waals surface area contributed by atoms with Crippen LogP contribution in [0, 0.1) is 0 Å². The Balaban J connectivity index is 1.53. The van der Waals surface area contributed by atoms with E-state index in [2.05, 4.69) is 21.6 Å². The van der Waals surface area contributed by atoms with E-state index < -0.39 is 0 Å². The first kappa shape index (κ1) is 13.9. The van der Waals surface area contributed by atoms with E-state index in [9.17, 15) is 0 Å². The second-order valence-electron chi connectivity index (χ2n) is 5.26. The Labute approximate surface area is 124 Å². The molecule has 21 heavy (non-hydrogen) atoms. The lowest BCUT2D eigenvalue weighted by Crippen LogP contribution is -2.08. The average Bonchev–Trinajstić information content (AvgIpc) is 3.18. The zero-order valence-corrected chi connectivity index (χ0v) is 12.3. The number of ether oxygens (including phenoxy) is 2. The number of hydrogen-bond donors (Lipinski definition) is 2. The number of methoxy groups -OCH3 is 1. The molecular formula is C16H21N3O2. The van der Waals surface area contributed by atoms with Gasteiger partial charge in [-0.2, -0.15) is 5.10 Å². The molecule has 112 valence electrons. The Morgan fingerprint density at radius 3 is 2.90 bits per heavy atom. The van der Waals surface area contributed by atoms with E-state index in [1.807, 2.05) is 24.3 Å². The summed E-state index contributed by atoms with van der Waals surface area (Å²) in [5, 5.41) is 10.9. The van der Waals surface area contributed by atoms with Crippen LogP contribution < -0.4 is 14.8 Å². The van der Waals surface area contributed by atoms with Crippen molar-refractivity contribution in [3.05, 3.63) is 41.7 Å². The van der Waals surface area contributed by atoms with Crippen molar-refractivity contribution < 1.29 is 9.47 Å². The van der Waals surface area contributed by atoms with E-state index in [4.69, 9.17) is 9.47 Å². The lowest BCUT2D eigenvalue weighted by atomic mass is 10.0. The summed E-state index contributed by atoms with van der Waals surface area (Å²) in [6.07, 6.45) is 1.98. The molecule has 1 saturated heterocycles. The molecule has 1 aliphatic rings. The molecule has 1 aliphatic heterocycles. The molecule has 0 radical (unpaired) electrons. The summed E-state index contributed by atoms with van der Waals surface area (Å²) in [5.41, 5.74) is 2.28. The first-order valence-corrected chi connectivity index (χ1v) is 7.37. The maximum absolute atomic E-state index is 5.78. The van der Waals surface area contributed by atoms with Crippen molar-refractivity contribution in [2.24, 2.45) is 0 Å². The summed E-state index contributed by atoms with van der Waals surface area (Å²) in [7, 11) is 1.65. The Morgan fingerprint density at radius 1 is 1.29 bits per heavy atom. The van der Waals surface area contributed by atoms with E-state index in [1.54, 1.807) is 7.11 Å². The molecule has 1 aromatic carbocycles. The molecule has 2 heterocycles. The van der Waals surface area contributed by atoms with Gasteiger partial charge in [0.15, 0.2) is 11.5 Å². The fraction of sp³-hybridized carbons (Fsp3) is 0.438. The van der Waals surface area contributed by atoms with Crippen molar-refractivity contribution in [1.82, 2.24) is 15.5 Å². The third-order valence-electron chi connectivity index (χ3n) is 3.83. The van der Waals surface area contributed by atoms with Crippen molar-refractivity contribution in [1.29, 1.82) is 0 Å². The molecule has 0 amide bonds. The number of nitrogens with zero attached hydrogens (tertiary/aromatic N) is 1. The monoisotopic (exact) mass is 287 g/mol. The lowest BCUT2D eigenvalue weighted by Gasteiger charge is -2.09. The number of hydrogen-bond acceptors (Lipinski definition) is 4. The maximum Gasteiger partial charge on any atom is 0.161 e. The molecule has 0 bridgehead atoms. The molecule has 3 rings (SSSR count). The van der Waals surface area contributed by atoms with Crippen LogP contribution in [0.3, 0.4) is 0 Å². The lowest BCUT2D eigenvalue weighted by molar-refractivity contribution is 0.296. The zero-order valence-electron chi connectivity index (χ0n) is 12.3. The van der Waals surface area contributed by atoms with E-state index in [1.165, 1.54) is 6.42 Å². The molecule has 1 atom stereocenters. The van der Waals surface area contributed by atoms with Crippen LogP contribution in [-0.2, 0) is 6.42 Å². The second-order valence-corrected chi connectivity index (χ2v) is 5.26.